The van der Waals surface area contributed by atoms with Crippen molar-refractivity contribution in [2.75, 3.05) is 0 Å². The summed E-state index contributed by atoms with van der Waals surface area (Å²) in [5.41, 5.74) is 10.7. The van der Waals surface area contributed by atoms with E-state index in [1.165, 1.54) is 0 Å². The van der Waals surface area contributed by atoms with Crippen molar-refractivity contribution in [1.82, 2.24) is 14.5 Å². The van der Waals surface area contributed by atoms with Gasteiger partial charge in [-0.2, -0.15) is 0 Å². The van der Waals surface area contributed by atoms with E-state index < -0.39 is 0 Å². The van der Waals surface area contributed by atoms with E-state index in [0.29, 0.717) is 17.2 Å². The smallest absolute Gasteiger partial charge is 0.259 e. The van der Waals surface area contributed by atoms with Crippen LogP contribution in [-0.4, -0.2) is 27.0 Å². The van der Waals surface area contributed by atoms with E-state index in [-0.39, 0.29) is 17.9 Å². The van der Waals surface area contributed by atoms with Crippen molar-refractivity contribution in [3.8, 4) is 0 Å². The van der Waals surface area contributed by atoms with Crippen LogP contribution in [0.3, 0.4) is 0 Å². The molecule has 1 fully saturated rings. The highest BCUT2D eigenvalue weighted by atomic mass is 16.2. The van der Waals surface area contributed by atoms with Crippen LogP contribution in [0.1, 0.15) is 36.4 Å². The highest BCUT2D eigenvalue weighted by molar-refractivity contribution is 6.50. The third kappa shape index (κ3) is 2.69. The minimum atomic E-state index is -0.346. The van der Waals surface area contributed by atoms with Gasteiger partial charge in [0.1, 0.15) is 0 Å². The van der Waals surface area contributed by atoms with Gasteiger partial charge in [0, 0.05) is 64.5 Å². The fraction of sp³-hybridized carbons (Fsp3) is 0.231. The van der Waals surface area contributed by atoms with E-state index in [1.807, 2.05) is 66.5 Å². The molecule has 0 saturated heterocycles. The van der Waals surface area contributed by atoms with E-state index in [1.54, 1.807) is 0 Å². The lowest BCUT2D eigenvalue weighted by atomic mass is 9.95. The predicted octanol–water partition coefficient (Wildman–Crippen LogP) is 3.75. The molecule has 6 nitrogen and oxygen atoms in total. The molecule has 2 aromatic carbocycles. The van der Waals surface area contributed by atoms with Crippen LogP contribution < -0.4 is 11.1 Å². The Morgan fingerprint density at radius 3 is 2.09 bits per heavy atom. The van der Waals surface area contributed by atoms with Gasteiger partial charge in [-0.05, 0) is 31.4 Å². The number of aromatic nitrogens is 2. The SMILES string of the molecule is Cn1cc(C2=C(c3cn([C@H]4CC[C@H](N)C4)c4ccccc34)C(=O)NC2=O)c2ccccc21. The third-order valence-corrected chi connectivity index (χ3v) is 6.95. The number of fused-ring (bicyclic) bond motifs is 2. The van der Waals surface area contributed by atoms with E-state index in [0.717, 1.165) is 52.2 Å². The first-order chi connectivity index (χ1) is 15.5. The Balaban J connectivity index is 1.63. The number of rotatable bonds is 3. The summed E-state index contributed by atoms with van der Waals surface area (Å²) in [6, 6.07) is 16.5. The van der Waals surface area contributed by atoms with Crippen LogP contribution >= 0.6 is 0 Å². The van der Waals surface area contributed by atoms with Crippen molar-refractivity contribution in [2.45, 2.75) is 31.3 Å². The molecule has 1 aliphatic heterocycles. The van der Waals surface area contributed by atoms with E-state index >= 15 is 0 Å². The molecule has 6 heteroatoms. The van der Waals surface area contributed by atoms with Crippen LogP contribution in [0.5, 0.6) is 0 Å². The van der Waals surface area contributed by atoms with Crippen LogP contribution in [0.25, 0.3) is 33.0 Å². The van der Waals surface area contributed by atoms with Crippen molar-refractivity contribution in [3.05, 3.63) is 72.1 Å². The summed E-state index contributed by atoms with van der Waals surface area (Å²) in [5.74, 6) is -0.690. The zero-order chi connectivity index (χ0) is 22.0. The average Bonchev–Trinajstić information content (AvgIpc) is 3.53. The zero-order valence-electron chi connectivity index (χ0n) is 17.8. The number of nitrogens with two attached hydrogens (primary N) is 1. The molecule has 2 atom stereocenters. The van der Waals surface area contributed by atoms with Crippen LogP contribution in [0.15, 0.2) is 60.9 Å². The number of para-hydroxylation sites is 2. The summed E-state index contributed by atoms with van der Waals surface area (Å²) in [4.78, 5) is 26.2. The molecule has 4 aromatic rings. The molecule has 160 valence electrons. The summed E-state index contributed by atoms with van der Waals surface area (Å²) < 4.78 is 4.25. The van der Waals surface area contributed by atoms with E-state index in [4.69, 9.17) is 5.73 Å². The van der Waals surface area contributed by atoms with Gasteiger partial charge in [0.05, 0.1) is 11.1 Å². The molecule has 0 radical (unpaired) electrons. The Morgan fingerprint density at radius 1 is 0.844 bits per heavy atom. The number of nitrogens with zero attached hydrogens (tertiary/aromatic N) is 2. The molecule has 2 amide bonds. The summed E-state index contributed by atoms with van der Waals surface area (Å²) in [5, 5.41) is 4.48. The molecule has 1 aliphatic carbocycles. The number of benzene rings is 2. The topological polar surface area (TPSA) is 82.0 Å². The first-order valence-corrected chi connectivity index (χ1v) is 11.0. The third-order valence-electron chi connectivity index (χ3n) is 6.95. The fourth-order valence-electron chi connectivity index (χ4n) is 5.46. The predicted molar refractivity (Wildman–Crippen MR) is 126 cm³/mol. The summed E-state index contributed by atoms with van der Waals surface area (Å²) >= 11 is 0. The second kappa shape index (κ2) is 6.93. The van der Waals surface area contributed by atoms with Crippen molar-refractivity contribution in [1.29, 1.82) is 0 Å². The molecule has 3 heterocycles. The highest BCUT2D eigenvalue weighted by Crippen LogP contribution is 2.41. The molecular weight excluding hydrogens is 400 g/mol. The molecule has 2 aliphatic rings. The number of carbonyl (C=O) groups is 2. The van der Waals surface area contributed by atoms with Gasteiger partial charge in [-0.3, -0.25) is 14.9 Å². The lowest BCUT2D eigenvalue weighted by Gasteiger charge is -2.13. The monoisotopic (exact) mass is 424 g/mol. The minimum absolute atomic E-state index is 0.200. The van der Waals surface area contributed by atoms with Gasteiger partial charge in [0.15, 0.2) is 0 Å². The first kappa shape index (κ1) is 19.1. The normalized spacial score (nSPS) is 21.3. The number of aryl methyl sites for hydroxylation is 1. The Kier molecular flexibility index (Phi) is 4.13. The maximum atomic E-state index is 13.1. The van der Waals surface area contributed by atoms with E-state index in [2.05, 4.69) is 16.0 Å². The first-order valence-electron chi connectivity index (χ1n) is 11.0. The molecule has 0 unspecified atom stereocenters. The van der Waals surface area contributed by atoms with Gasteiger partial charge < -0.3 is 14.9 Å². The van der Waals surface area contributed by atoms with Crippen LogP contribution in [0.2, 0.25) is 0 Å². The standard InChI is InChI=1S/C26H24N4O2/c1-29-13-19(17-6-2-4-8-21(17)29)23-24(26(32)28-25(23)31)20-14-30(16-11-10-15(27)12-16)22-9-5-3-7-18(20)22/h2-9,13-16H,10-12,27H2,1H3,(H,28,31,32)/t15-,16-/m0/s1. The average molecular weight is 425 g/mol. The van der Waals surface area contributed by atoms with Crippen LogP contribution in [-0.2, 0) is 16.6 Å². The van der Waals surface area contributed by atoms with Gasteiger partial charge in [-0.15, -0.1) is 0 Å². The van der Waals surface area contributed by atoms with Crippen LogP contribution in [0.4, 0.5) is 0 Å². The number of nitrogens with one attached hydrogen (secondary N) is 1. The Morgan fingerprint density at radius 2 is 1.44 bits per heavy atom. The molecule has 1 saturated carbocycles. The van der Waals surface area contributed by atoms with Crippen molar-refractivity contribution in [2.24, 2.45) is 12.8 Å². The quantitative estimate of drug-likeness (QED) is 0.492. The maximum Gasteiger partial charge on any atom is 0.259 e. The highest BCUT2D eigenvalue weighted by Gasteiger charge is 2.36. The zero-order valence-corrected chi connectivity index (χ0v) is 17.8. The van der Waals surface area contributed by atoms with Gasteiger partial charge in [0.25, 0.3) is 11.8 Å². The van der Waals surface area contributed by atoms with Gasteiger partial charge in [-0.25, -0.2) is 0 Å². The van der Waals surface area contributed by atoms with E-state index in [9.17, 15) is 9.59 Å². The van der Waals surface area contributed by atoms with Crippen molar-refractivity contribution >= 4 is 44.8 Å². The fourth-order valence-corrected chi connectivity index (χ4v) is 5.46. The number of imide groups is 1. The Labute approximate surface area is 185 Å². The summed E-state index contributed by atoms with van der Waals surface area (Å²) in [7, 11) is 1.95. The van der Waals surface area contributed by atoms with Gasteiger partial charge in [0.2, 0.25) is 0 Å². The summed E-state index contributed by atoms with van der Waals surface area (Å²) in [6.45, 7) is 0. The number of amides is 2. The molecule has 32 heavy (non-hydrogen) atoms. The Bertz CT molecular complexity index is 1460. The van der Waals surface area contributed by atoms with Gasteiger partial charge in [-0.1, -0.05) is 36.4 Å². The molecule has 2 aromatic heterocycles. The second-order valence-electron chi connectivity index (χ2n) is 8.90. The van der Waals surface area contributed by atoms with Crippen molar-refractivity contribution in [3.63, 3.8) is 0 Å². The number of hydrogen-bond acceptors (Lipinski definition) is 3. The lowest BCUT2D eigenvalue weighted by molar-refractivity contribution is -0.122. The molecule has 0 bridgehead atoms. The number of hydrogen-bond donors (Lipinski definition) is 2. The molecule has 3 N–H and O–H groups in total. The maximum absolute atomic E-state index is 13.1. The second-order valence-corrected chi connectivity index (χ2v) is 8.90. The summed E-state index contributed by atoms with van der Waals surface area (Å²) in [6.07, 6.45) is 6.91. The number of carbonyl (C=O) groups excluding carboxylic acids is 2. The molecular formula is C26H24N4O2. The Hall–Kier alpha value is -3.64. The largest absolute Gasteiger partial charge is 0.350 e. The lowest BCUT2D eigenvalue weighted by Crippen LogP contribution is -2.22. The molecule has 6 rings (SSSR count). The van der Waals surface area contributed by atoms with Crippen LogP contribution in [0, 0.1) is 0 Å². The van der Waals surface area contributed by atoms with Crippen molar-refractivity contribution < 1.29 is 9.59 Å². The van der Waals surface area contributed by atoms with Gasteiger partial charge >= 0.3 is 0 Å². The minimum Gasteiger partial charge on any atom is -0.350 e. The molecule has 0 spiro atoms.